The Morgan fingerprint density at radius 1 is 1.21 bits per heavy atom. The van der Waals surface area contributed by atoms with Gasteiger partial charge < -0.3 is 19.9 Å². The molecule has 2 aromatic carbocycles. The van der Waals surface area contributed by atoms with Gasteiger partial charge in [0.25, 0.3) is 0 Å². The van der Waals surface area contributed by atoms with Crippen molar-refractivity contribution in [2.24, 2.45) is 0 Å². The number of amides is 2. The second-order valence-electron chi connectivity index (χ2n) is 8.97. The van der Waals surface area contributed by atoms with Gasteiger partial charge in [0.2, 0.25) is 11.8 Å². The van der Waals surface area contributed by atoms with Gasteiger partial charge in [-0.15, -0.1) is 0 Å². The number of aryl methyl sites for hydroxylation is 1. The number of ether oxygens (including phenoxy) is 1. The molecule has 178 valence electrons. The average molecular weight is 461 g/mol. The first kappa shape index (κ1) is 23.5. The van der Waals surface area contributed by atoms with Crippen molar-refractivity contribution in [2.75, 3.05) is 7.11 Å². The molecule has 1 aromatic heterocycles. The van der Waals surface area contributed by atoms with Crippen LogP contribution in [0.4, 0.5) is 0 Å². The summed E-state index contributed by atoms with van der Waals surface area (Å²) >= 11 is 0. The van der Waals surface area contributed by atoms with Gasteiger partial charge in [-0.05, 0) is 48.9 Å². The minimum Gasteiger partial charge on any atom is -0.497 e. The first-order valence-electron chi connectivity index (χ1n) is 11.8. The number of nitrogens with zero attached hydrogens (tertiary/aromatic N) is 2. The highest BCUT2D eigenvalue weighted by Gasteiger charge is 2.38. The van der Waals surface area contributed by atoms with Crippen molar-refractivity contribution in [3.8, 4) is 5.75 Å². The summed E-state index contributed by atoms with van der Waals surface area (Å²) in [4.78, 5) is 29.3. The summed E-state index contributed by atoms with van der Waals surface area (Å²) in [5, 5.41) is 6.39. The van der Waals surface area contributed by atoms with Crippen LogP contribution in [0.5, 0.6) is 5.75 Å². The Balaban J connectivity index is 1.39. The van der Waals surface area contributed by atoms with Gasteiger partial charge in [-0.1, -0.05) is 42.5 Å². The van der Waals surface area contributed by atoms with Gasteiger partial charge in [0, 0.05) is 37.3 Å². The predicted octanol–water partition coefficient (Wildman–Crippen LogP) is 3.81. The molecule has 7 heteroatoms. The second kappa shape index (κ2) is 11.0. The Hall–Kier alpha value is -3.61. The fourth-order valence-corrected chi connectivity index (χ4v) is 4.64. The summed E-state index contributed by atoms with van der Waals surface area (Å²) in [5.74, 6) is 0.849. The number of benzene rings is 2. The summed E-state index contributed by atoms with van der Waals surface area (Å²) < 4.78 is 7.26. The molecular weight excluding hydrogens is 428 g/mol. The molecule has 0 saturated carbocycles. The van der Waals surface area contributed by atoms with Gasteiger partial charge in [0.05, 0.1) is 19.5 Å². The number of aromatic nitrogens is 2. The topological polar surface area (TPSA) is 85.2 Å². The lowest BCUT2D eigenvalue weighted by Crippen LogP contribution is -2.44. The first-order chi connectivity index (χ1) is 16.5. The van der Waals surface area contributed by atoms with E-state index in [0.717, 1.165) is 36.3 Å². The van der Waals surface area contributed by atoms with E-state index in [-0.39, 0.29) is 17.9 Å². The van der Waals surface area contributed by atoms with Crippen LogP contribution in [0, 0.1) is 0 Å². The van der Waals surface area contributed by atoms with E-state index < -0.39 is 5.54 Å². The first-order valence-corrected chi connectivity index (χ1v) is 11.8. The third kappa shape index (κ3) is 6.25. The molecule has 2 amide bonds. The van der Waals surface area contributed by atoms with Gasteiger partial charge in [-0.25, -0.2) is 4.98 Å². The highest BCUT2D eigenvalue weighted by atomic mass is 16.5. The van der Waals surface area contributed by atoms with Crippen molar-refractivity contribution in [2.45, 2.75) is 56.7 Å². The number of hydrogen-bond acceptors (Lipinski definition) is 4. The number of carbonyl (C=O) groups excluding carboxylic acids is 2. The molecule has 2 atom stereocenters. The lowest BCUT2D eigenvalue weighted by atomic mass is 9.85. The third-order valence-electron chi connectivity index (χ3n) is 6.54. The molecule has 1 fully saturated rings. The maximum Gasteiger partial charge on any atom is 0.220 e. The Labute approximate surface area is 200 Å². The smallest absolute Gasteiger partial charge is 0.220 e. The van der Waals surface area contributed by atoms with Crippen LogP contribution in [0.25, 0.3) is 0 Å². The third-order valence-corrected chi connectivity index (χ3v) is 6.54. The summed E-state index contributed by atoms with van der Waals surface area (Å²) in [6, 6.07) is 17.8. The van der Waals surface area contributed by atoms with Gasteiger partial charge in [-0.2, -0.15) is 0 Å². The summed E-state index contributed by atoms with van der Waals surface area (Å²) in [7, 11) is 1.64. The van der Waals surface area contributed by atoms with E-state index in [9.17, 15) is 9.59 Å². The standard InChI is InChI=1S/C27H32N4O3/c1-34-23-9-7-21(8-10-23)19-27(15-12-26(33)30-27)14-11-25(32)29-24(22-5-3-2-4-6-22)13-17-31-18-16-28-20-31/h2-10,16,18,20,24H,11-15,17,19H2,1H3,(H,29,32)(H,30,33)/t24-,27-/m1/s1. The zero-order valence-electron chi connectivity index (χ0n) is 19.6. The average Bonchev–Trinajstić information content (AvgIpc) is 3.51. The van der Waals surface area contributed by atoms with E-state index in [1.54, 1.807) is 19.6 Å². The molecule has 0 spiro atoms. The Morgan fingerprint density at radius 3 is 2.65 bits per heavy atom. The maximum atomic E-state index is 13.0. The Kier molecular flexibility index (Phi) is 7.62. The zero-order valence-corrected chi connectivity index (χ0v) is 19.6. The van der Waals surface area contributed by atoms with E-state index in [4.69, 9.17) is 4.74 Å². The number of imidazole rings is 1. The number of rotatable bonds is 11. The summed E-state index contributed by atoms with van der Waals surface area (Å²) in [6.07, 6.45) is 9.10. The minimum atomic E-state index is -0.401. The minimum absolute atomic E-state index is 0.00487. The maximum absolute atomic E-state index is 13.0. The van der Waals surface area contributed by atoms with Gasteiger partial charge in [0.1, 0.15) is 5.75 Å². The molecule has 0 bridgehead atoms. The highest BCUT2D eigenvalue weighted by molar-refractivity contribution is 5.80. The van der Waals surface area contributed by atoms with Crippen LogP contribution in [-0.4, -0.2) is 34.0 Å². The molecule has 2 heterocycles. The highest BCUT2D eigenvalue weighted by Crippen LogP contribution is 2.30. The van der Waals surface area contributed by atoms with Crippen LogP contribution in [0.15, 0.2) is 73.3 Å². The molecule has 0 radical (unpaired) electrons. The molecule has 2 N–H and O–H groups in total. The SMILES string of the molecule is COc1ccc(C[C@@]2(CCC(=O)N[C@H](CCn3ccnc3)c3ccccc3)CCC(=O)N2)cc1. The lowest BCUT2D eigenvalue weighted by molar-refractivity contribution is -0.123. The number of hydrogen-bond donors (Lipinski definition) is 2. The van der Waals surface area contributed by atoms with Crippen LogP contribution in [0.3, 0.4) is 0 Å². The molecule has 7 nitrogen and oxygen atoms in total. The fourth-order valence-electron chi connectivity index (χ4n) is 4.64. The van der Waals surface area contributed by atoms with E-state index in [2.05, 4.69) is 15.6 Å². The van der Waals surface area contributed by atoms with E-state index in [0.29, 0.717) is 25.7 Å². The molecule has 34 heavy (non-hydrogen) atoms. The van der Waals surface area contributed by atoms with E-state index >= 15 is 0 Å². The van der Waals surface area contributed by atoms with Crippen LogP contribution < -0.4 is 15.4 Å². The van der Waals surface area contributed by atoms with Gasteiger partial charge in [0.15, 0.2) is 0 Å². The molecule has 1 saturated heterocycles. The number of carbonyl (C=O) groups is 2. The number of methoxy groups -OCH3 is 1. The number of nitrogens with one attached hydrogen (secondary N) is 2. The van der Waals surface area contributed by atoms with Crippen molar-refractivity contribution in [1.29, 1.82) is 0 Å². The molecule has 3 aromatic rings. The van der Waals surface area contributed by atoms with Crippen LogP contribution in [0.2, 0.25) is 0 Å². The lowest BCUT2D eigenvalue weighted by Gasteiger charge is -2.30. The van der Waals surface area contributed by atoms with E-state index in [1.807, 2.05) is 65.4 Å². The zero-order chi connectivity index (χ0) is 23.8. The van der Waals surface area contributed by atoms with Gasteiger partial charge >= 0.3 is 0 Å². The predicted molar refractivity (Wildman–Crippen MR) is 130 cm³/mol. The monoisotopic (exact) mass is 460 g/mol. The normalized spacial score (nSPS) is 18.3. The van der Waals surface area contributed by atoms with Gasteiger partial charge in [-0.3, -0.25) is 9.59 Å². The van der Waals surface area contributed by atoms with Crippen LogP contribution >= 0.6 is 0 Å². The summed E-state index contributed by atoms with van der Waals surface area (Å²) in [5.41, 5.74) is 1.80. The molecule has 1 aliphatic rings. The summed E-state index contributed by atoms with van der Waals surface area (Å²) in [6.45, 7) is 0.761. The molecule has 0 unspecified atom stereocenters. The molecule has 4 rings (SSSR count). The fraction of sp³-hybridized carbons (Fsp3) is 0.370. The van der Waals surface area contributed by atoms with Crippen LogP contribution in [0.1, 0.15) is 49.3 Å². The van der Waals surface area contributed by atoms with Crippen molar-refractivity contribution < 1.29 is 14.3 Å². The largest absolute Gasteiger partial charge is 0.497 e. The van der Waals surface area contributed by atoms with Crippen molar-refractivity contribution >= 4 is 11.8 Å². The van der Waals surface area contributed by atoms with Crippen molar-refractivity contribution in [3.63, 3.8) is 0 Å². The van der Waals surface area contributed by atoms with Crippen LogP contribution in [-0.2, 0) is 22.6 Å². The molecule has 0 aliphatic carbocycles. The second-order valence-corrected chi connectivity index (χ2v) is 8.97. The van der Waals surface area contributed by atoms with Crippen molar-refractivity contribution in [3.05, 3.63) is 84.4 Å². The Bertz CT molecular complexity index is 1070. The molecular formula is C27H32N4O3. The van der Waals surface area contributed by atoms with E-state index in [1.165, 1.54) is 0 Å². The quantitative estimate of drug-likeness (QED) is 0.456. The molecule has 1 aliphatic heterocycles. The van der Waals surface area contributed by atoms with Crippen molar-refractivity contribution in [1.82, 2.24) is 20.2 Å². The Morgan fingerprint density at radius 2 is 2.00 bits per heavy atom.